The third kappa shape index (κ3) is 4.76. The molecular weight excluding hydrogens is 360 g/mol. The second-order valence-corrected chi connectivity index (χ2v) is 6.89. The molecule has 0 spiro atoms. The van der Waals surface area contributed by atoms with Crippen molar-refractivity contribution in [3.8, 4) is 0 Å². The molecule has 0 aliphatic carbocycles. The Bertz CT molecular complexity index is 1010. The first-order valence-corrected chi connectivity index (χ1v) is 9.57. The van der Waals surface area contributed by atoms with Gasteiger partial charge in [0.25, 0.3) is 0 Å². The minimum atomic E-state index is -0.337. The maximum absolute atomic E-state index is 13.1. The zero-order valence-corrected chi connectivity index (χ0v) is 16.0. The molecular formula is C24H22N4O. The zero-order valence-electron chi connectivity index (χ0n) is 16.0. The summed E-state index contributed by atoms with van der Waals surface area (Å²) in [6, 6.07) is 27.9. The molecule has 1 heterocycles. The fourth-order valence-corrected chi connectivity index (χ4v) is 3.42. The van der Waals surface area contributed by atoms with Crippen LogP contribution in [0.1, 0.15) is 28.2 Å². The molecule has 5 nitrogen and oxygen atoms in total. The van der Waals surface area contributed by atoms with Crippen LogP contribution in [-0.2, 0) is 17.9 Å². The first-order valence-electron chi connectivity index (χ1n) is 9.57. The van der Waals surface area contributed by atoms with Gasteiger partial charge >= 0.3 is 0 Å². The van der Waals surface area contributed by atoms with E-state index in [0.717, 1.165) is 22.3 Å². The van der Waals surface area contributed by atoms with Gasteiger partial charge in [0.05, 0.1) is 12.5 Å². The lowest BCUT2D eigenvalue weighted by Crippen LogP contribution is -2.29. The van der Waals surface area contributed by atoms with Crippen molar-refractivity contribution in [3.63, 3.8) is 0 Å². The van der Waals surface area contributed by atoms with Gasteiger partial charge in [0.2, 0.25) is 5.91 Å². The van der Waals surface area contributed by atoms with E-state index in [1.165, 1.54) is 6.33 Å². The topological polar surface area (TPSA) is 59.8 Å². The van der Waals surface area contributed by atoms with Gasteiger partial charge in [0, 0.05) is 6.54 Å². The summed E-state index contributed by atoms with van der Waals surface area (Å²) in [4.78, 5) is 17.1. The van der Waals surface area contributed by atoms with E-state index in [-0.39, 0.29) is 11.8 Å². The molecule has 29 heavy (non-hydrogen) atoms. The van der Waals surface area contributed by atoms with Crippen LogP contribution in [0.15, 0.2) is 97.6 Å². The monoisotopic (exact) mass is 382 g/mol. The molecule has 0 atom stereocenters. The summed E-state index contributed by atoms with van der Waals surface area (Å²) in [5, 5.41) is 7.25. The number of rotatable bonds is 7. The molecule has 0 fully saturated rings. The molecule has 0 radical (unpaired) electrons. The molecule has 1 N–H and O–H groups in total. The Labute approximate surface area is 170 Å². The van der Waals surface area contributed by atoms with Crippen LogP contribution in [-0.4, -0.2) is 20.7 Å². The molecule has 0 saturated heterocycles. The van der Waals surface area contributed by atoms with Gasteiger partial charge in [-0.25, -0.2) is 9.67 Å². The number of carbonyl (C=O) groups excluding carboxylic acids is 1. The van der Waals surface area contributed by atoms with Crippen molar-refractivity contribution in [1.82, 2.24) is 20.1 Å². The lowest BCUT2D eigenvalue weighted by Gasteiger charge is -2.18. The highest BCUT2D eigenvalue weighted by atomic mass is 16.1. The summed E-state index contributed by atoms with van der Waals surface area (Å²) in [6.45, 7) is 1.12. The normalized spacial score (nSPS) is 10.8. The standard InChI is InChI=1S/C24H22N4O/c29-24(23(21-10-3-1-4-11-21)22-12-5-2-6-13-22)26-15-19-8-7-9-20(14-19)16-28-18-25-17-27-28/h1-14,17-18,23H,15-16H2,(H,26,29). The van der Waals surface area contributed by atoms with E-state index in [9.17, 15) is 4.79 Å². The number of aromatic nitrogens is 3. The first-order chi connectivity index (χ1) is 14.3. The Morgan fingerprint density at radius 1 is 0.862 bits per heavy atom. The number of hydrogen-bond donors (Lipinski definition) is 1. The second kappa shape index (κ2) is 8.97. The summed E-state index contributed by atoms with van der Waals surface area (Å²) in [5.74, 6) is -0.347. The van der Waals surface area contributed by atoms with E-state index >= 15 is 0 Å². The molecule has 1 amide bonds. The third-order valence-electron chi connectivity index (χ3n) is 4.80. The van der Waals surface area contributed by atoms with Crippen LogP contribution >= 0.6 is 0 Å². The van der Waals surface area contributed by atoms with Crippen molar-refractivity contribution in [2.24, 2.45) is 0 Å². The average Bonchev–Trinajstić information content (AvgIpc) is 3.27. The van der Waals surface area contributed by atoms with Gasteiger partial charge in [-0.1, -0.05) is 84.9 Å². The van der Waals surface area contributed by atoms with Crippen LogP contribution in [0.4, 0.5) is 0 Å². The summed E-state index contributed by atoms with van der Waals surface area (Å²) < 4.78 is 1.78. The highest BCUT2D eigenvalue weighted by molar-refractivity contribution is 5.87. The summed E-state index contributed by atoms with van der Waals surface area (Å²) >= 11 is 0. The van der Waals surface area contributed by atoms with Gasteiger partial charge < -0.3 is 5.32 Å². The van der Waals surface area contributed by atoms with Gasteiger partial charge in [-0.05, 0) is 22.3 Å². The summed E-state index contributed by atoms with van der Waals surface area (Å²) in [7, 11) is 0. The molecule has 5 heteroatoms. The van der Waals surface area contributed by atoms with E-state index < -0.39 is 0 Å². The third-order valence-corrected chi connectivity index (χ3v) is 4.80. The van der Waals surface area contributed by atoms with Crippen LogP contribution in [0, 0.1) is 0 Å². The fraction of sp³-hybridized carbons (Fsp3) is 0.125. The van der Waals surface area contributed by atoms with Crippen LogP contribution in [0.3, 0.4) is 0 Å². The molecule has 0 bridgehead atoms. The molecule has 3 aromatic carbocycles. The van der Waals surface area contributed by atoms with E-state index in [1.54, 1.807) is 11.0 Å². The second-order valence-electron chi connectivity index (χ2n) is 6.89. The fourth-order valence-electron chi connectivity index (χ4n) is 3.42. The Hall–Kier alpha value is -3.73. The molecule has 4 rings (SSSR count). The maximum atomic E-state index is 13.1. The lowest BCUT2D eigenvalue weighted by molar-refractivity contribution is -0.121. The van der Waals surface area contributed by atoms with Crippen molar-refractivity contribution in [1.29, 1.82) is 0 Å². The van der Waals surface area contributed by atoms with E-state index in [1.807, 2.05) is 78.9 Å². The number of carbonyl (C=O) groups is 1. The molecule has 0 aliphatic heterocycles. The first kappa shape index (κ1) is 18.6. The van der Waals surface area contributed by atoms with Crippen molar-refractivity contribution >= 4 is 5.91 Å². The predicted molar refractivity (Wildman–Crippen MR) is 112 cm³/mol. The Kier molecular flexibility index (Phi) is 5.76. The molecule has 144 valence electrons. The average molecular weight is 382 g/mol. The minimum absolute atomic E-state index is 0.0101. The summed E-state index contributed by atoms with van der Waals surface area (Å²) in [6.07, 6.45) is 3.22. The highest BCUT2D eigenvalue weighted by Crippen LogP contribution is 2.24. The Morgan fingerprint density at radius 3 is 2.14 bits per heavy atom. The van der Waals surface area contributed by atoms with Gasteiger partial charge in [0.1, 0.15) is 12.7 Å². The van der Waals surface area contributed by atoms with Gasteiger partial charge in [-0.3, -0.25) is 4.79 Å². The Morgan fingerprint density at radius 2 is 1.52 bits per heavy atom. The number of benzene rings is 3. The molecule has 1 aromatic heterocycles. The Balaban J connectivity index is 1.48. The lowest BCUT2D eigenvalue weighted by atomic mass is 9.90. The van der Waals surface area contributed by atoms with E-state index in [2.05, 4.69) is 21.5 Å². The quantitative estimate of drug-likeness (QED) is 0.529. The van der Waals surface area contributed by atoms with Crippen molar-refractivity contribution in [3.05, 3.63) is 120 Å². The SMILES string of the molecule is O=C(NCc1cccc(Cn2cncn2)c1)C(c1ccccc1)c1ccccc1. The number of nitrogens with zero attached hydrogens (tertiary/aromatic N) is 3. The van der Waals surface area contributed by atoms with E-state index in [4.69, 9.17) is 0 Å². The summed E-state index contributed by atoms with van der Waals surface area (Å²) in [5.41, 5.74) is 4.13. The smallest absolute Gasteiger partial charge is 0.232 e. The van der Waals surface area contributed by atoms with Crippen LogP contribution < -0.4 is 5.32 Å². The van der Waals surface area contributed by atoms with Crippen molar-refractivity contribution < 1.29 is 4.79 Å². The molecule has 4 aromatic rings. The molecule has 0 saturated carbocycles. The number of nitrogens with one attached hydrogen (secondary N) is 1. The largest absolute Gasteiger partial charge is 0.351 e. The van der Waals surface area contributed by atoms with Crippen LogP contribution in [0.25, 0.3) is 0 Å². The molecule has 0 unspecified atom stereocenters. The van der Waals surface area contributed by atoms with Crippen LogP contribution in [0.2, 0.25) is 0 Å². The van der Waals surface area contributed by atoms with Gasteiger partial charge in [-0.15, -0.1) is 0 Å². The van der Waals surface area contributed by atoms with Crippen molar-refractivity contribution in [2.45, 2.75) is 19.0 Å². The van der Waals surface area contributed by atoms with Gasteiger partial charge in [0.15, 0.2) is 0 Å². The number of hydrogen-bond acceptors (Lipinski definition) is 3. The van der Waals surface area contributed by atoms with Crippen molar-refractivity contribution in [2.75, 3.05) is 0 Å². The number of amides is 1. The highest BCUT2D eigenvalue weighted by Gasteiger charge is 2.22. The van der Waals surface area contributed by atoms with Crippen LogP contribution in [0.5, 0.6) is 0 Å². The minimum Gasteiger partial charge on any atom is -0.351 e. The zero-order chi connectivity index (χ0) is 19.9. The molecule has 0 aliphatic rings. The van der Waals surface area contributed by atoms with Gasteiger partial charge in [-0.2, -0.15) is 5.10 Å². The predicted octanol–water partition coefficient (Wildman–Crippen LogP) is 3.77. The maximum Gasteiger partial charge on any atom is 0.232 e. The van der Waals surface area contributed by atoms with E-state index in [0.29, 0.717) is 13.1 Å².